The molecule has 0 saturated heterocycles. The summed E-state index contributed by atoms with van der Waals surface area (Å²) in [5.74, 6) is 0.00982. The Balaban J connectivity index is 2.20. The van der Waals surface area contributed by atoms with Crippen LogP contribution in [0.25, 0.3) is 0 Å². The van der Waals surface area contributed by atoms with Crippen LogP contribution in [0.4, 0.5) is 0 Å². The molecule has 1 amide bonds. The van der Waals surface area contributed by atoms with Gasteiger partial charge in [0.1, 0.15) is 0 Å². The van der Waals surface area contributed by atoms with Gasteiger partial charge in [-0.05, 0) is 38.1 Å². The van der Waals surface area contributed by atoms with Gasteiger partial charge < -0.3 is 10.4 Å². The van der Waals surface area contributed by atoms with Crippen molar-refractivity contribution in [3.05, 3.63) is 22.4 Å². The second kappa shape index (κ2) is 6.01. The van der Waals surface area contributed by atoms with Crippen LogP contribution in [-0.4, -0.2) is 23.2 Å². The standard InChI is InChI=1S/C12H19NO2S/c1-12(2,9-14)13-11(15)7-3-5-10-6-4-8-16-10/h4,6,8,14H,3,5,7,9H2,1-2H3,(H,13,15). The van der Waals surface area contributed by atoms with E-state index in [2.05, 4.69) is 11.4 Å². The molecule has 0 saturated carbocycles. The van der Waals surface area contributed by atoms with Crippen molar-refractivity contribution in [1.29, 1.82) is 0 Å². The minimum atomic E-state index is -0.514. The molecular formula is C12H19NO2S. The first-order valence-corrected chi connectivity index (χ1v) is 6.36. The van der Waals surface area contributed by atoms with E-state index < -0.39 is 5.54 Å². The molecule has 0 fully saturated rings. The number of amides is 1. The van der Waals surface area contributed by atoms with Crippen LogP contribution >= 0.6 is 11.3 Å². The van der Waals surface area contributed by atoms with Crippen LogP contribution in [0.2, 0.25) is 0 Å². The Bertz CT molecular complexity index is 320. The zero-order valence-electron chi connectivity index (χ0n) is 9.82. The molecule has 0 aliphatic rings. The Kier molecular flexibility index (Phi) is 4.96. The molecule has 2 N–H and O–H groups in total. The van der Waals surface area contributed by atoms with Gasteiger partial charge >= 0.3 is 0 Å². The third-order valence-corrected chi connectivity index (χ3v) is 3.22. The number of aliphatic hydroxyl groups excluding tert-OH is 1. The van der Waals surface area contributed by atoms with Gasteiger partial charge in [0.2, 0.25) is 5.91 Å². The number of thiophene rings is 1. The minimum absolute atomic E-state index is 0.00982. The molecule has 90 valence electrons. The van der Waals surface area contributed by atoms with E-state index in [4.69, 9.17) is 5.11 Å². The summed E-state index contributed by atoms with van der Waals surface area (Å²) in [7, 11) is 0. The highest BCUT2D eigenvalue weighted by molar-refractivity contribution is 7.09. The lowest BCUT2D eigenvalue weighted by Gasteiger charge is -2.23. The van der Waals surface area contributed by atoms with E-state index in [9.17, 15) is 4.79 Å². The van der Waals surface area contributed by atoms with E-state index >= 15 is 0 Å². The van der Waals surface area contributed by atoms with Crippen LogP contribution in [0.15, 0.2) is 17.5 Å². The molecule has 3 nitrogen and oxygen atoms in total. The third kappa shape index (κ3) is 4.77. The highest BCUT2D eigenvalue weighted by Crippen LogP contribution is 2.12. The van der Waals surface area contributed by atoms with Gasteiger partial charge in [-0.1, -0.05) is 6.07 Å². The van der Waals surface area contributed by atoms with E-state index in [-0.39, 0.29) is 12.5 Å². The van der Waals surface area contributed by atoms with Crippen LogP contribution in [-0.2, 0) is 11.2 Å². The van der Waals surface area contributed by atoms with E-state index in [1.165, 1.54) is 4.88 Å². The SMILES string of the molecule is CC(C)(CO)NC(=O)CCCc1cccs1. The molecule has 1 heterocycles. The third-order valence-electron chi connectivity index (χ3n) is 2.28. The fraction of sp³-hybridized carbons (Fsp3) is 0.583. The molecule has 1 aromatic heterocycles. The van der Waals surface area contributed by atoms with Crippen LogP contribution < -0.4 is 5.32 Å². The Morgan fingerprint density at radius 2 is 2.31 bits per heavy atom. The summed E-state index contributed by atoms with van der Waals surface area (Å²) in [6.07, 6.45) is 2.32. The molecule has 0 aliphatic carbocycles. The van der Waals surface area contributed by atoms with Crippen molar-refractivity contribution in [2.75, 3.05) is 6.61 Å². The number of aryl methyl sites for hydroxylation is 1. The number of hydrogen-bond donors (Lipinski definition) is 2. The van der Waals surface area contributed by atoms with Gasteiger partial charge in [-0.25, -0.2) is 0 Å². The molecule has 0 unspecified atom stereocenters. The lowest BCUT2D eigenvalue weighted by Crippen LogP contribution is -2.46. The fourth-order valence-corrected chi connectivity index (χ4v) is 2.11. The number of carbonyl (C=O) groups excluding carboxylic acids is 1. The molecule has 0 aromatic carbocycles. The molecule has 0 atom stereocenters. The largest absolute Gasteiger partial charge is 0.394 e. The lowest BCUT2D eigenvalue weighted by molar-refractivity contribution is -0.123. The van der Waals surface area contributed by atoms with E-state index in [0.29, 0.717) is 6.42 Å². The van der Waals surface area contributed by atoms with E-state index in [1.807, 2.05) is 25.3 Å². The normalized spacial score (nSPS) is 11.4. The maximum atomic E-state index is 11.5. The lowest BCUT2D eigenvalue weighted by atomic mass is 10.1. The Morgan fingerprint density at radius 1 is 1.56 bits per heavy atom. The Labute approximate surface area is 100 Å². The number of carbonyl (C=O) groups is 1. The summed E-state index contributed by atoms with van der Waals surface area (Å²) in [5.41, 5.74) is -0.514. The molecule has 16 heavy (non-hydrogen) atoms. The molecule has 1 aromatic rings. The van der Waals surface area contributed by atoms with Gasteiger partial charge in [-0.2, -0.15) is 0 Å². The Morgan fingerprint density at radius 3 is 2.88 bits per heavy atom. The van der Waals surface area contributed by atoms with Gasteiger partial charge in [-0.15, -0.1) is 11.3 Å². The van der Waals surface area contributed by atoms with Crippen molar-refractivity contribution >= 4 is 17.2 Å². The van der Waals surface area contributed by atoms with Crippen molar-refractivity contribution in [2.24, 2.45) is 0 Å². The average Bonchev–Trinajstić information content (AvgIpc) is 2.70. The highest BCUT2D eigenvalue weighted by Gasteiger charge is 2.18. The fourth-order valence-electron chi connectivity index (χ4n) is 1.36. The van der Waals surface area contributed by atoms with Crippen molar-refractivity contribution in [2.45, 2.75) is 38.6 Å². The smallest absolute Gasteiger partial charge is 0.220 e. The first-order chi connectivity index (χ1) is 7.53. The molecule has 0 bridgehead atoms. The number of hydrogen-bond acceptors (Lipinski definition) is 3. The molecule has 0 spiro atoms. The van der Waals surface area contributed by atoms with Crippen molar-refractivity contribution in [3.63, 3.8) is 0 Å². The zero-order valence-corrected chi connectivity index (χ0v) is 10.6. The number of rotatable bonds is 6. The summed E-state index contributed by atoms with van der Waals surface area (Å²) in [5, 5.41) is 13.9. The Hall–Kier alpha value is -0.870. The van der Waals surface area contributed by atoms with Gasteiger partial charge in [0.05, 0.1) is 12.1 Å². The number of nitrogens with one attached hydrogen (secondary N) is 1. The summed E-state index contributed by atoms with van der Waals surface area (Å²) < 4.78 is 0. The van der Waals surface area contributed by atoms with Gasteiger partial charge in [0, 0.05) is 11.3 Å². The molecular weight excluding hydrogens is 222 g/mol. The first kappa shape index (κ1) is 13.2. The van der Waals surface area contributed by atoms with E-state index in [0.717, 1.165) is 12.8 Å². The predicted octanol–water partition coefficient (Wildman–Crippen LogP) is 1.96. The van der Waals surface area contributed by atoms with Gasteiger partial charge in [-0.3, -0.25) is 4.79 Å². The monoisotopic (exact) mass is 241 g/mol. The first-order valence-electron chi connectivity index (χ1n) is 5.48. The quantitative estimate of drug-likeness (QED) is 0.800. The predicted molar refractivity (Wildman–Crippen MR) is 66.6 cm³/mol. The van der Waals surface area contributed by atoms with Crippen LogP contribution in [0, 0.1) is 0 Å². The summed E-state index contributed by atoms with van der Waals surface area (Å²) in [6, 6.07) is 4.11. The van der Waals surface area contributed by atoms with Crippen molar-refractivity contribution < 1.29 is 9.90 Å². The van der Waals surface area contributed by atoms with E-state index in [1.54, 1.807) is 11.3 Å². The maximum Gasteiger partial charge on any atom is 0.220 e. The summed E-state index contributed by atoms with van der Waals surface area (Å²) in [6.45, 7) is 3.58. The summed E-state index contributed by atoms with van der Waals surface area (Å²) >= 11 is 1.72. The average molecular weight is 241 g/mol. The minimum Gasteiger partial charge on any atom is -0.394 e. The number of aliphatic hydroxyl groups is 1. The topological polar surface area (TPSA) is 49.3 Å². The van der Waals surface area contributed by atoms with Crippen LogP contribution in [0.1, 0.15) is 31.6 Å². The van der Waals surface area contributed by atoms with Gasteiger partial charge in [0.15, 0.2) is 0 Å². The molecule has 0 aliphatic heterocycles. The van der Waals surface area contributed by atoms with Crippen molar-refractivity contribution in [1.82, 2.24) is 5.32 Å². The zero-order chi connectivity index (χ0) is 12.0. The molecule has 1 rings (SSSR count). The van der Waals surface area contributed by atoms with Gasteiger partial charge in [0.25, 0.3) is 0 Å². The second-order valence-corrected chi connectivity index (χ2v) is 5.56. The molecule has 4 heteroatoms. The van der Waals surface area contributed by atoms with Crippen LogP contribution in [0.5, 0.6) is 0 Å². The second-order valence-electron chi connectivity index (χ2n) is 4.52. The molecule has 0 radical (unpaired) electrons. The maximum absolute atomic E-state index is 11.5. The van der Waals surface area contributed by atoms with Crippen molar-refractivity contribution in [3.8, 4) is 0 Å². The summed E-state index contributed by atoms with van der Waals surface area (Å²) in [4.78, 5) is 12.8. The highest BCUT2D eigenvalue weighted by atomic mass is 32.1. The van der Waals surface area contributed by atoms with Crippen LogP contribution in [0.3, 0.4) is 0 Å².